The molecule has 66 valence electrons. The summed E-state index contributed by atoms with van der Waals surface area (Å²) in [5.74, 6) is -0.993. The van der Waals surface area contributed by atoms with Crippen molar-refractivity contribution in [2.45, 2.75) is 31.3 Å². The molecule has 0 aromatic carbocycles. The van der Waals surface area contributed by atoms with Crippen LogP contribution in [0.1, 0.15) is 19.3 Å². The molecule has 2 atom stereocenters. The molecule has 1 saturated heterocycles. The second-order valence-electron chi connectivity index (χ2n) is 3.60. The number of aliphatic carboxylic acids is 1. The van der Waals surface area contributed by atoms with Gasteiger partial charge in [-0.25, -0.2) is 0 Å². The SMILES string of the molecule is CN1C2CC=C(C(=O)[O-])C1CC2. The smallest absolute Gasteiger partial charge is 0.0687 e. The summed E-state index contributed by atoms with van der Waals surface area (Å²) in [6.07, 6.45) is 4.80. The van der Waals surface area contributed by atoms with Gasteiger partial charge in [0.25, 0.3) is 0 Å². The number of carboxylic acids is 1. The maximum absolute atomic E-state index is 10.7. The Morgan fingerprint density at radius 3 is 3.08 bits per heavy atom. The molecule has 0 amide bonds. The van der Waals surface area contributed by atoms with Crippen LogP contribution in [0.25, 0.3) is 0 Å². The van der Waals surface area contributed by atoms with Crippen LogP contribution < -0.4 is 5.11 Å². The fraction of sp³-hybridized carbons (Fsp3) is 0.667. The van der Waals surface area contributed by atoms with E-state index < -0.39 is 5.97 Å². The van der Waals surface area contributed by atoms with Crippen molar-refractivity contribution < 1.29 is 9.90 Å². The van der Waals surface area contributed by atoms with Gasteiger partial charge < -0.3 is 9.90 Å². The van der Waals surface area contributed by atoms with Crippen LogP contribution in [0.3, 0.4) is 0 Å². The first-order valence-electron chi connectivity index (χ1n) is 4.33. The minimum atomic E-state index is -0.993. The van der Waals surface area contributed by atoms with Crippen LogP contribution in [0.5, 0.6) is 0 Å². The lowest BCUT2D eigenvalue weighted by molar-refractivity contribution is -0.300. The molecule has 2 bridgehead atoms. The van der Waals surface area contributed by atoms with E-state index in [4.69, 9.17) is 0 Å². The molecule has 2 heterocycles. The third-order valence-corrected chi connectivity index (χ3v) is 3.05. The van der Waals surface area contributed by atoms with Crippen molar-refractivity contribution >= 4 is 5.97 Å². The van der Waals surface area contributed by atoms with Crippen molar-refractivity contribution in [2.75, 3.05) is 7.05 Å². The van der Waals surface area contributed by atoms with Crippen LogP contribution in [0.15, 0.2) is 11.6 Å². The van der Waals surface area contributed by atoms with E-state index in [0.29, 0.717) is 11.6 Å². The van der Waals surface area contributed by atoms with Gasteiger partial charge in [-0.15, -0.1) is 0 Å². The highest BCUT2D eigenvalue weighted by Gasteiger charge is 2.35. The number of carbonyl (C=O) groups excluding carboxylic acids is 1. The first-order valence-corrected chi connectivity index (χ1v) is 4.33. The lowest BCUT2D eigenvalue weighted by atomic mass is 10.0. The zero-order chi connectivity index (χ0) is 8.72. The Hall–Kier alpha value is -0.830. The van der Waals surface area contributed by atoms with E-state index in [-0.39, 0.29) is 6.04 Å². The second kappa shape index (κ2) is 2.59. The second-order valence-corrected chi connectivity index (χ2v) is 3.60. The van der Waals surface area contributed by atoms with Crippen molar-refractivity contribution in [1.82, 2.24) is 4.90 Å². The largest absolute Gasteiger partial charge is 0.545 e. The standard InChI is InChI=1S/C9H13NO2/c1-10-6-2-4-7(9(11)12)8(10)5-3-6/h4,6,8H,2-3,5H2,1H3,(H,11,12)/p-1. The summed E-state index contributed by atoms with van der Waals surface area (Å²) in [4.78, 5) is 12.8. The van der Waals surface area contributed by atoms with Crippen LogP contribution in [-0.4, -0.2) is 30.0 Å². The summed E-state index contributed by atoms with van der Waals surface area (Å²) in [5.41, 5.74) is 0.492. The third kappa shape index (κ3) is 0.966. The predicted molar refractivity (Wildman–Crippen MR) is 42.3 cm³/mol. The Morgan fingerprint density at radius 2 is 2.42 bits per heavy atom. The van der Waals surface area contributed by atoms with E-state index in [1.54, 1.807) is 0 Å². The molecule has 2 aliphatic heterocycles. The van der Waals surface area contributed by atoms with Crippen LogP contribution >= 0.6 is 0 Å². The third-order valence-electron chi connectivity index (χ3n) is 3.05. The van der Waals surface area contributed by atoms with Crippen molar-refractivity contribution in [3.63, 3.8) is 0 Å². The lowest BCUT2D eigenvalue weighted by Crippen LogP contribution is -2.42. The van der Waals surface area contributed by atoms with Gasteiger partial charge in [0.2, 0.25) is 0 Å². The number of likely N-dealkylation sites (N-methyl/N-ethyl adjacent to an activating group) is 1. The molecule has 3 nitrogen and oxygen atoms in total. The molecule has 2 unspecified atom stereocenters. The topological polar surface area (TPSA) is 43.4 Å². The minimum Gasteiger partial charge on any atom is -0.545 e. The Morgan fingerprint density at radius 1 is 1.67 bits per heavy atom. The monoisotopic (exact) mass is 166 g/mol. The van der Waals surface area contributed by atoms with E-state index in [1.165, 1.54) is 0 Å². The van der Waals surface area contributed by atoms with Crippen LogP contribution in [0, 0.1) is 0 Å². The van der Waals surface area contributed by atoms with Gasteiger partial charge in [-0.3, -0.25) is 4.90 Å². The van der Waals surface area contributed by atoms with Crippen LogP contribution in [0.2, 0.25) is 0 Å². The molecule has 3 heteroatoms. The fourth-order valence-electron chi connectivity index (χ4n) is 2.29. The van der Waals surface area contributed by atoms with Gasteiger partial charge in [0.05, 0.1) is 5.97 Å². The van der Waals surface area contributed by atoms with Gasteiger partial charge in [-0.1, -0.05) is 6.08 Å². The number of carboxylic acid groups (broad SMARTS) is 1. The zero-order valence-corrected chi connectivity index (χ0v) is 7.12. The summed E-state index contributed by atoms with van der Waals surface area (Å²) in [6.45, 7) is 0. The molecule has 0 saturated carbocycles. The van der Waals surface area contributed by atoms with Gasteiger partial charge in [0, 0.05) is 12.1 Å². The molecule has 0 aromatic rings. The van der Waals surface area contributed by atoms with Gasteiger partial charge in [-0.05, 0) is 31.9 Å². The normalized spacial score (nSPS) is 34.9. The first kappa shape index (κ1) is 7.80. The first-order chi connectivity index (χ1) is 5.70. The summed E-state index contributed by atoms with van der Waals surface area (Å²) >= 11 is 0. The molecule has 1 fully saturated rings. The van der Waals surface area contributed by atoms with E-state index >= 15 is 0 Å². The van der Waals surface area contributed by atoms with Crippen molar-refractivity contribution in [1.29, 1.82) is 0 Å². The molecule has 0 radical (unpaired) electrons. The van der Waals surface area contributed by atoms with E-state index in [0.717, 1.165) is 19.3 Å². The number of fused-ring (bicyclic) bond motifs is 2. The molecular formula is C9H12NO2-. The maximum atomic E-state index is 10.7. The Labute approximate surface area is 71.7 Å². The maximum Gasteiger partial charge on any atom is 0.0687 e. The molecule has 0 aliphatic carbocycles. The number of carbonyl (C=O) groups is 1. The molecule has 2 rings (SSSR count). The summed E-state index contributed by atoms with van der Waals surface area (Å²) < 4.78 is 0. The predicted octanol–water partition coefficient (Wildman–Crippen LogP) is -0.471. The number of hydrogen-bond donors (Lipinski definition) is 0. The highest BCUT2D eigenvalue weighted by atomic mass is 16.4. The molecule has 2 aliphatic rings. The summed E-state index contributed by atoms with van der Waals surface area (Å²) in [7, 11) is 2.00. The van der Waals surface area contributed by atoms with E-state index in [2.05, 4.69) is 4.90 Å². The van der Waals surface area contributed by atoms with Gasteiger partial charge in [0.15, 0.2) is 0 Å². The van der Waals surface area contributed by atoms with Crippen LogP contribution in [-0.2, 0) is 4.79 Å². The highest BCUT2D eigenvalue weighted by molar-refractivity contribution is 5.86. The Bertz CT molecular complexity index is 247. The van der Waals surface area contributed by atoms with Gasteiger partial charge in [-0.2, -0.15) is 0 Å². The quantitative estimate of drug-likeness (QED) is 0.529. The van der Waals surface area contributed by atoms with Gasteiger partial charge in [0.1, 0.15) is 0 Å². The molecular weight excluding hydrogens is 154 g/mol. The Kier molecular flexibility index (Phi) is 1.68. The number of nitrogens with zero attached hydrogens (tertiary/aromatic N) is 1. The average molecular weight is 166 g/mol. The average Bonchev–Trinajstić information content (AvgIpc) is 2.32. The summed E-state index contributed by atoms with van der Waals surface area (Å²) in [5, 5.41) is 10.7. The summed E-state index contributed by atoms with van der Waals surface area (Å²) in [6, 6.07) is 0.687. The van der Waals surface area contributed by atoms with E-state index in [1.807, 2.05) is 13.1 Å². The van der Waals surface area contributed by atoms with Crippen molar-refractivity contribution in [2.24, 2.45) is 0 Å². The highest BCUT2D eigenvalue weighted by Crippen LogP contribution is 2.33. The van der Waals surface area contributed by atoms with Crippen LogP contribution in [0.4, 0.5) is 0 Å². The fourth-order valence-corrected chi connectivity index (χ4v) is 2.29. The zero-order valence-electron chi connectivity index (χ0n) is 7.12. The van der Waals surface area contributed by atoms with Gasteiger partial charge >= 0.3 is 0 Å². The number of rotatable bonds is 1. The van der Waals surface area contributed by atoms with Crippen molar-refractivity contribution in [3.05, 3.63) is 11.6 Å². The molecule has 0 spiro atoms. The number of hydrogen-bond acceptors (Lipinski definition) is 3. The minimum absolute atomic E-state index is 0.119. The lowest BCUT2D eigenvalue weighted by Gasteiger charge is -2.31. The molecule has 0 aromatic heterocycles. The molecule has 12 heavy (non-hydrogen) atoms. The molecule has 0 N–H and O–H groups in total. The Balaban J connectivity index is 2.27. The van der Waals surface area contributed by atoms with E-state index in [9.17, 15) is 9.90 Å². The van der Waals surface area contributed by atoms with Crippen molar-refractivity contribution in [3.8, 4) is 0 Å².